The minimum Gasteiger partial charge on any atom is -0.482 e. The van der Waals surface area contributed by atoms with E-state index in [9.17, 15) is 14.4 Å². The molecule has 6 heteroatoms. The number of ether oxygens (including phenoxy) is 1. The zero-order valence-corrected chi connectivity index (χ0v) is 14.8. The number of likely N-dealkylation sites (tertiary alicyclic amines) is 1. The van der Waals surface area contributed by atoms with Crippen molar-refractivity contribution in [3.05, 3.63) is 23.8 Å². The van der Waals surface area contributed by atoms with E-state index >= 15 is 0 Å². The van der Waals surface area contributed by atoms with E-state index in [1.807, 2.05) is 4.90 Å². The molecule has 0 saturated carbocycles. The highest BCUT2D eigenvalue weighted by Crippen LogP contribution is 2.33. The van der Waals surface area contributed by atoms with Crippen molar-refractivity contribution in [2.75, 3.05) is 31.1 Å². The Kier molecular flexibility index (Phi) is 5.06. The summed E-state index contributed by atoms with van der Waals surface area (Å²) < 4.78 is 5.44. The average molecular weight is 344 g/mol. The molecule has 0 N–H and O–H groups in total. The quantitative estimate of drug-likeness (QED) is 0.786. The lowest BCUT2D eigenvalue weighted by Crippen LogP contribution is -2.43. The molecule has 25 heavy (non-hydrogen) atoms. The van der Waals surface area contributed by atoms with Gasteiger partial charge in [0.25, 0.3) is 5.91 Å². The Bertz CT molecular complexity index is 693. The fourth-order valence-electron chi connectivity index (χ4n) is 3.29. The number of carbonyl (C=O) groups excluding carboxylic acids is 3. The molecule has 0 atom stereocenters. The van der Waals surface area contributed by atoms with Gasteiger partial charge in [-0.25, -0.2) is 0 Å². The van der Waals surface area contributed by atoms with Gasteiger partial charge >= 0.3 is 0 Å². The van der Waals surface area contributed by atoms with Crippen molar-refractivity contribution in [1.82, 2.24) is 4.90 Å². The number of fused-ring (bicyclic) bond motifs is 1. The number of hydrogen-bond acceptors (Lipinski definition) is 4. The van der Waals surface area contributed by atoms with Gasteiger partial charge in [-0.1, -0.05) is 6.92 Å². The van der Waals surface area contributed by atoms with Crippen LogP contribution in [-0.2, 0) is 9.59 Å². The molecule has 0 aromatic heterocycles. The van der Waals surface area contributed by atoms with Crippen LogP contribution in [-0.4, -0.2) is 48.7 Å². The fourth-order valence-corrected chi connectivity index (χ4v) is 3.29. The lowest BCUT2D eigenvalue weighted by Gasteiger charge is -2.32. The number of hydrogen-bond donors (Lipinski definition) is 0. The van der Waals surface area contributed by atoms with E-state index in [0.29, 0.717) is 29.5 Å². The largest absolute Gasteiger partial charge is 0.482 e. The van der Waals surface area contributed by atoms with E-state index in [1.54, 1.807) is 23.1 Å². The summed E-state index contributed by atoms with van der Waals surface area (Å²) in [4.78, 5) is 39.8. The van der Waals surface area contributed by atoms with Crippen LogP contribution in [0.3, 0.4) is 0 Å². The first-order valence-electron chi connectivity index (χ1n) is 8.81. The molecule has 0 spiro atoms. The lowest BCUT2D eigenvalue weighted by atomic mass is 9.99. The standard InChI is InChI=1S/C19H24N2O4/c1-13-5-8-20(9-6-13)18(23)7-10-21-16-11-15(14(2)22)3-4-17(16)25-12-19(21)24/h3-4,11,13H,5-10,12H2,1-2H3. The predicted molar refractivity (Wildman–Crippen MR) is 93.9 cm³/mol. The predicted octanol–water partition coefficient (Wildman–Crippen LogP) is 2.26. The summed E-state index contributed by atoms with van der Waals surface area (Å²) >= 11 is 0. The molecule has 0 aliphatic carbocycles. The van der Waals surface area contributed by atoms with Gasteiger partial charge < -0.3 is 14.5 Å². The smallest absolute Gasteiger partial charge is 0.265 e. The molecule has 134 valence electrons. The van der Waals surface area contributed by atoms with Crippen LogP contribution in [0.25, 0.3) is 0 Å². The van der Waals surface area contributed by atoms with Gasteiger partial charge in [0.05, 0.1) is 5.69 Å². The highest BCUT2D eigenvalue weighted by Gasteiger charge is 2.28. The second kappa shape index (κ2) is 7.25. The summed E-state index contributed by atoms with van der Waals surface area (Å²) in [5.41, 5.74) is 1.10. The Morgan fingerprint density at radius 2 is 1.96 bits per heavy atom. The van der Waals surface area contributed by atoms with Crippen molar-refractivity contribution in [2.24, 2.45) is 5.92 Å². The summed E-state index contributed by atoms with van der Waals surface area (Å²) in [6, 6.07) is 5.07. The fraction of sp³-hybridized carbons (Fsp3) is 0.526. The zero-order valence-electron chi connectivity index (χ0n) is 14.8. The maximum atomic E-state index is 12.4. The minimum atomic E-state index is -0.187. The molecule has 2 heterocycles. The van der Waals surface area contributed by atoms with Crippen molar-refractivity contribution in [3.63, 3.8) is 0 Å². The zero-order chi connectivity index (χ0) is 18.0. The molecule has 1 fully saturated rings. The molecule has 1 aromatic carbocycles. The third kappa shape index (κ3) is 3.83. The number of benzene rings is 1. The molecule has 1 saturated heterocycles. The third-order valence-electron chi connectivity index (χ3n) is 4.99. The minimum absolute atomic E-state index is 0.0398. The first-order chi connectivity index (χ1) is 12.0. The Hall–Kier alpha value is -2.37. The van der Waals surface area contributed by atoms with Crippen LogP contribution in [0, 0.1) is 5.92 Å². The van der Waals surface area contributed by atoms with Crippen LogP contribution >= 0.6 is 0 Å². The van der Waals surface area contributed by atoms with Gasteiger partial charge in [0.1, 0.15) is 5.75 Å². The Balaban J connectivity index is 1.70. The highest BCUT2D eigenvalue weighted by atomic mass is 16.5. The second-order valence-electron chi connectivity index (χ2n) is 6.89. The van der Waals surface area contributed by atoms with E-state index in [-0.39, 0.29) is 30.6 Å². The summed E-state index contributed by atoms with van der Waals surface area (Å²) in [6.45, 7) is 5.55. The first-order valence-corrected chi connectivity index (χ1v) is 8.81. The number of nitrogens with zero attached hydrogens (tertiary/aromatic N) is 2. The van der Waals surface area contributed by atoms with Crippen LogP contribution in [0.4, 0.5) is 5.69 Å². The summed E-state index contributed by atoms with van der Waals surface area (Å²) in [5, 5.41) is 0. The van der Waals surface area contributed by atoms with Crippen molar-refractivity contribution in [3.8, 4) is 5.75 Å². The van der Waals surface area contributed by atoms with Crippen LogP contribution < -0.4 is 9.64 Å². The topological polar surface area (TPSA) is 66.9 Å². The Morgan fingerprint density at radius 1 is 1.24 bits per heavy atom. The van der Waals surface area contributed by atoms with E-state index in [2.05, 4.69) is 6.92 Å². The van der Waals surface area contributed by atoms with Gasteiger partial charge in [0.15, 0.2) is 12.4 Å². The normalized spacial score (nSPS) is 17.9. The Morgan fingerprint density at radius 3 is 2.64 bits per heavy atom. The maximum absolute atomic E-state index is 12.4. The molecule has 3 rings (SSSR count). The number of rotatable bonds is 4. The van der Waals surface area contributed by atoms with Crippen molar-refractivity contribution >= 4 is 23.3 Å². The molecule has 0 unspecified atom stereocenters. The molecule has 1 aromatic rings. The maximum Gasteiger partial charge on any atom is 0.265 e. The monoisotopic (exact) mass is 344 g/mol. The van der Waals surface area contributed by atoms with E-state index in [1.165, 1.54) is 6.92 Å². The molecular weight excluding hydrogens is 320 g/mol. The number of ketones is 1. The summed E-state index contributed by atoms with van der Waals surface area (Å²) in [6.07, 6.45) is 2.35. The van der Waals surface area contributed by atoms with Crippen LogP contribution in [0.2, 0.25) is 0 Å². The first kappa shape index (κ1) is 17.5. The molecular formula is C19H24N2O4. The molecule has 2 amide bonds. The van der Waals surface area contributed by atoms with Gasteiger partial charge in [-0.2, -0.15) is 0 Å². The summed E-state index contributed by atoms with van der Waals surface area (Å²) in [7, 11) is 0. The van der Waals surface area contributed by atoms with Gasteiger partial charge in [-0.3, -0.25) is 14.4 Å². The van der Waals surface area contributed by atoms with Crippen LogP contribution in [0.1, 0.15) is 43.5 Å². The highest BCUT2D eigenvalue weighted by molar-refractivity contribution is 6.01. The van der Waals surface area contributed by atoms with Crippen molar-refractivity contribution in [1.29, 1.82) is 0 Å². The molecule has 2 aliphatic rings. The van der Waals surface area contributed by atoms with Gasteiger partial charge in [0.2, 0.25) is 5.91 Å². The number of carbonyl (C=O) groups is 3. The average Bonchev–Trinajstić information content (AvgIpc) is 2.60. The molecule has 6 nitrogen and oxygen atoms in total. The van der Waals surface area contributed by atoms with Crippen LogP contribution in [0.15, 0.2) is 18.2 Å². The SMILES string of the molecule is CC(=O)c1ccc2c(c1)N(CCC(=O)N1CCC(C)CC1)C(=O)CO2. The van der Waals surface area contributed by atoms with E-state index in [0.717, 1.165) is 25.9 Å². The van der Waals surface area contributed by atoms with Crippen molar-refractivity contribution in [2.45, 2.75) is 33.1 Å². The van der Waals surface area contributed by atoms with E-state index < -0.39 is 0 Å². The molecule has 2 aliphatic heterocycles. The van der Waals surface area contributed by atoms with Crippen molar-refractivity contribution < 1.29 is 19.1 Å². The number of anilines is 1. The van der Waals surface area contributed by atoms with Gasteiger partial charge in [-0.15, -0.1) is 0 Å². The van der Waals surface area contributed by atoms with E-state index in [4.69, 9.17) is 4.74 Å². The van der Waals surface area contributed by atoms with Crippen LogP contribution in [0.5, 0.6) is 5.75 Å². The molecule has 0 bridgehead atoms. The molecule has 0 radical (unpaired) electrons. The number of amides is 2. The van der Waals surface area contributed by atoms with Gasteiger partial charge in [0, 0.05) is 31.6 Å². The Labute approximate surface area is 147 Å². The second-order valence-corrected chi connectivity index (χ2v) is 6.89. The lowest BCUT2D eigenvalue weighted by molar-refractivity contribution is -0.132. The summed E-state index contributed by atoms with van der Waals surface area (Å²) in [5.74, 6) is 1.06. The number of Topliss-reactive ketones (excluding diaryl/α,β-unsaturated/α-hetero) is 1. The van der Waals surface area contributed by atoms with Gasteiger partial charge in [-0.05, 0) is 43.9 Å². The number of piperidine rings is 1. The third-order valence-corrected chi connectivity index (χ3v) is 4.99.